The van der Waals surface area contributed by atoms with Crippen molar-refractivity contribution in [3.8, 4) is 56.4 Å². The Balaban J connectivity index is 1.05. The maximum atomic E-state index is 5.08. The Hall–Kier alpha value is -7.37. The quantitative estimate of drug-likeness (QED) is 0.137. The van der Waals surface area contributed by atoms with E-state index in [0.29, 0.717) is 17.5 Å². The van der Waals surface area contributed by atoms with E-state index < -0.39 is 0 Å². The Morgan fingerprint density at radius 3 is 1.78 bits per heavy atom. The molecule has 0 saturated heterocycles. The van der Waals surface area contributed by atoms with Gasteiger partial charge in [-0.15, -0.1) is 0 Å². The molecule has 1 aliphatic carbocycles. The van der Waals surface area contributed by atoms with Crippen molar-refractivity contribution in [1.29, 1.82) is 0 Å². The zero-order chi connectivity index (χ0) is 40.1. The van der Waals surface area contributed by atoms with E-state index >= 15 is 0 Å². The first-order valence-electron chi connectivity index (χ1n) is 20.2. The number of fused-ring (bicyclic) bond motifs is 1. The molecule has 0 bridgehead atoms. The number of allylic oxidation sites excluding steroid dienone is 8. The fourth-order valence-electron chi connectivity index (χ4n) is 7.86. The smallest absolute Gasteiger partial charge is 0.164 e. The summed E-state index contributed by atoms with van der Waals surface area (Å²) >= 11 is 0. The summed E-state index contributed by atoms with van der Waals surface area (Å²) in [7, 11) is 0. The van der Waals surface area contributed by atoms with Crippen LogP contribution < -0.4 is 0 Å². The lowest BCUT2D eigenvalue weighted by Crippen LogP contribution is -2.11. The summed E-state index contributed by atoms with van der Waals surface area (Å²) in [4.78, 5) is 25.0. The molecular formula is C54H43N5. The van der Waals surface area contributed by atoms with Crippen molar-refractivity contribution in [2.75, 3.05) is 0 Å². The Kier molecular flexibility index (Phi) is 10.5. The van der Waals surface area contributed by atoms with Crippen LogP contribution in [0.4, 0.5) is 0 Å². The summed E-state index contributed by atoms with van der Waals surface area (Å²) in [5.74, 6) is 2.99. The number of rotatable bonds is 9. The first-order valence-corrected chi connectivity index (χ1v) is 20.2. The van der Waals surface area contributed by atoms with Gasteiger partial charge in [0.1, 0.15) is 0 Å². The van der Waals surface area contributed by atoms with E-state index in [-0.39, 0.29) is 5.92 Å². The SMILES string of the molecule is C/C=C\C(=C/C)c1nc(C2=CC=C(c3cccc4cc(-c5cccc(-c6cc(-c7ccccc7)nc(-c7ccccc7)n6)c5)ccc34)CC2C)nc(-c2ccccc2)n1. The average Bonchev–Trinajstić information content (AvgIpc) is 3.31. The molecule has 5 heteroatoms. The summed E-state index contributed by atoms with van der Waals surface area (Å²) < 4.78 is 0. The number of aromatic nitrogens is 5. The Morgan fingerprint density at radius 2 is 1.10 bits per heavy atom. The van der Waals surface area contributed by atoms with Gasteiger partial charge in [-0.2, -0.15) is 0 Å². The van der Waals surface area contributed by atoms with Crippen molar-refractivity contribution >= 4 is 27.5 Å². The molecule has 6 aromatic carbocycles. The minimum absolute atomic E-state index is 0.202. The number of benzene rings is 6. The predicted molar refractivity (Wildman–Crippen MR) is 245 cm³/mol. The highest BCUT2D eigenvalue weighted by Crippen LogP contribution is 2.39. The predicted octanol–water partition coefficient (Wildman–Crippen LogP) is 13.6. The summed E-state index contributed by atoms with van der Waals surface area (Å²) in [6.07, 6.45) is 11.5. The molecule has 0 radical (unpaired) electrons. The maximum absolute atomic E-state index is 5.08. The normalized spacial score (nSPS) is 14.4. The Labute approximate surface area is 346 Å². The van der Waals surface area contributed by atoms with E-state index in [1.54, 1.807) is 0 Å². The molecule has 9 rings (SSSR count). The topological polar surface area (TPSA) is 64.5 Å². The molecule has 0 fully saturated rings. The Morgan fingerprint density at radius 1 is 0.508 bits per heavy atom. The lowest BCUT2D eigenvalue weighted by molar-refractivity contribution is 0.757. The van der Waals surface area contributed by atoms with Crippen molar-refractivity contribution in [3.63, 3.8) is 0 Å². The molecule has 2 aromatic heterocycles. The van der Waals surface area contributed by atoms with Gasteiger partial charge < -0.3 is 0 Å². The largest absolute Gasteiger partial charge is 0.228 e. The van der Waals surface area contributed by atoms with Crippen molar-refractivity contribution in [2.24, 2.45) is 5.92 Å². The highest BCUT2D eigenvalue weighted by atomic mass is 15.0. The number of hydrogen-bond acceptors (Lipinski definition) is 5. The second-order valence-electron chi connectivity index (χ2n) is 14.9. The second-order valence-corrected chi connectivity index (χ2v) is 14.9. The van der Waals surface area contributed by atoms with E-state index in [0.717, 1.165) is 68.2 Å². The molecule has 0 spiro atoms. The molecule has 284 valence electrons. The van der Waals surface area contributed by atoms with Gasteiger partial charge >= 0.3 is 0 Å². The first-order chi connectivity index (χ1) is 29.0. The first kappa shape index (κ1) is 37.2. The summed E-state index contributed by atoms with van der Waals surface area (Å²) in [6.45, 7) is 6.30. The van der Waals surface area contributed by atoms with Crippen LogP contribution in [0.5, 0.6) is 0 Å². The fraction of sp³-hybridized carbons (Fsp3) is 0.0926. The van der Waals surface area contributed by atoms with Crippen LogP contribution in [-0.2, 0) is 0 Å². The number of hydrogen-bond donors (Lipinski definition) is 0. The van der Waals surface area contributed by atoms with E-state index in [1.165, 1.54) is 21.9 Å². The lowest BCUT2D eigenvalue weighted by atomic mass is 9.83. The molecule has 1 atom stereocenters. The Bertz CT molecular complexity index is 2870. The molecule has 0 amide bonds. The van der Waals surface area contributed by atoms with Gasteiger partial charge in [0.15, 0.2) is 23.3 Å². The van der Waals surface area contributed by atoms with Crippen LogP contribution in [0, 0.1) is 5.92 Å². The third-order valence-corrected chi connectivity index (χ3v) is 10.9. The third kappa shape index (κ3) is 7.83. The summed E-state index contributed by atoms with van der Waals surface area (Å²) in [6, 6.07) is 54.9. The molecule has 0 saturated carbocycles. The standard InChI is InChI=1S/C54H43N5/c1-4-17-37(5-2)51-57-53(40-22-13-8-14-23-40)59-54(58-51)46-30-29-44(32-36(46)3)47-27-16-25-43-33-42(28-31-48(43)47)41-24-15-26-45(34-41)50-35-49(38-18-9-6-10-19-38)55-52(56-50)39-20-11-7-12-21-39/h4-31,33-36H,32H2,1-3H3/b17-4-,37-5+. The monoisotopic (exact) mass is 761 g/mol. The molecule has 0 aliphatic heterocycles. The molecule has 5 nitrogen and oxygen atoms in total. The highest BCUT2D eigenvalue weighted by Gasteiger charge is 2.23. The lowest BCUT2D eigenvalue weighted by Gasteiger charge is -2.23. The van der Waals surface area contributed by atoms with E-state index in [9.17, 15) is 0 Å². The molecular weight excluding hydrogens is 719 g/mol. The van der Waals surface area contributed by atoms with Crippen LogP contribution in [0.15, 0.2) is 188 Å². The van der Waals surface area contributed by atoms with Crippen molar-refractivity contribution in [3.05, 3.63) is 205 Å². The van der Waals surface area contributed by atoms with Crippen molar-refractivity contribution < 1.29 is 0 Å². The van der Waals surface area contributed by atoms with Crippen LogP contribution in [0.1, 0.15) is 44.4 Å². The summed E-state index contributed by atoms with van der Waals surface area (Å²) in [5, 5.41) is 2.43. The van der Waals surface area contributed by atoms with Gasteiger partial charge in [0.2, 0.25) is 0 Å². The third-order valence-electron chi connectivity index (χ3n) is 10.9. The highest BCUT2D eigenvalue weighted by molar-refractivity contribution is 5.97. The molecule has 0 N–H and O–H groups in total. The maximum Gasteiger partial charge on any atom is 0.164 e. The van der Waals surface area contributed by atoms with Crippen molar-refractivity contribution in [2.45, 2.75) is 27.2 Å². The van der Waals surface area contributed by atoms with E-state index in [1.807, 2.05) is 74.5 Å². The zero-order valence-corrected chi connectivity index (χ0v) is 33.4. The average molecular weight is 762 g/mol. The van der Waals surface area contributed by atoms with Crippen LogP contribution in [0.3, 0.4) is 0 Å². The van der Waals surface area contributed by atoms with Gasteiger partial charge in [-0.1, -0.05) is 177 Å². The van der Waals surface area contributed by atoms with Crippen LogP contribution in [0.25, 0.3) is 83.9 Å². The summed E-state index contributed by atoms with van der Waals surface area (Å²) in [5.41, 5.74) is 12.8. The number of nitrogens with zero attached hydrogens (tertiary/aromatic N) is 5. The van der Waals surface area contributed by atoms with E-state index in [4.69, 9.17) is 24.9 Å². The molecule has 8 aromatic rings. The van der Waals surface area contributed by atoms with Gasteiger partial charge in [0.25, 0.3) is 0 Å². The van der Waals surface area contributed by atoms with Crippen LogP contribution >= 0.6 is 0 Å². The van der Waals surface area contributed by atoms with Gasteiger partial charge in [-0.05, 0) is 77.4 Å². The van der Waals surface area contributed by atoms with Crippen LogP contribution in [-0.4, -0.2) is 24.9 Å². The van der Waals surface area contributed by atoms with Gasteiger partial charge in [-0.25, -0.2) is 24.9 Å². The minimum atomic E-state index is 0.202. The van der Waals surface area contributed by atoms with Gasteiger partial charge in [0, 0.05) is 33.4 Å². The van der Waals surface area contributed by atoms with E-state index in [2.05, 4.69) is 134 Å². The molecule has 1 aliphatic rings. The zero-order valence-electron chi connectivity index (χ0n) is 33.4. The second kappa shape index (κ2) is 16.6. The van der Waals surface area contributed by atoms with Crippen molar-refractivity contribution in [1.82, 2.24) is 24.9 Å². The minimum Gasteiger partial charge on any atom is -0.228 e. The van der Waals surface area contributed by atoms with Gasteiger partial charge in [-0.3, -0.25) is 0 Å². The van der Waals surface area contributed by atoms with Crippen LogP contribution in [0.2, 0.25) is 0 Å². The fourth-order valence-corrected chi connectivity index (χ4v) is 7.86. The molecule has 2 heterocycles. The van der Waals surface area contributed by atoms with Gasteiger partial charge in [0.05, 0.1) is 11.4 Å². The molecule has 1 unspecified atom stereocenters. The molecule has 59 heavy (non-hydrogen) atoms.